The lowest BCUT2D eigenvalue weighted by atomic mass is 10.1. The summed E-state index contributed by atoms with van der Waals surface area (Å²) in [6.45, 7) is 3.80. The quantitative estimate of drug-likeness (QED) is 0.332. The maximum Gasteiger partial charge on any atom is 0.322 e. The number of nitrogens with one attached hydrogen (secondary N) is 2. The van der Waals surface area contributed by atoms with Gasteiger partial charge in [0.2, 0.25) is 0 Å². The molecule has 2 N–H and O–H groups in total. The molecule has 3 rings (SSSR count). The van der Waals surface area contributed by atoms with Gasteiger partial charge in [-0.2, -0.15) is 0 Å². The first-order chi connectivity index (χ1) is 16.0. The number of carbonyl (C=O) groups is 1. The number of benzene rings is 2. The van der Waals surface area contributed by atoms with Crippen molar-refractivity contribution in [2.75, 3.05) is 23.7 Å². The molecule has 3 aromatic rings. The number of unbranched alkanes of at least 4 members (excludes halogenated alkanes) is 3. The molecule has 0 spiro atoms. The SMILES string of the molecule is Cc1ccc(CN(CCCCCCNc2ccccn2)C(=O)Nc2ccc(F)cc2F)cc1. The molecule has 0 atom stereocenters. The summed E-state index contributed by atoms with van der Waals surface area (Å²) < 4.78 is 27.2. The Morgan fingerprint density at radius 2 is 1.76 bits per heavy atom. The van der Waals surface area contributed by atoms with E-state index in [1.165, 1.54) is 6.07 Å². The number of halogens is 2. The molecule has 1 aromatic heterocycles. The second-order valence-corrected chi connectivity index (χ2v) is 8.02. The van der Waals surface area contributed by atoms with Crippen LogP contribution in [0.2, 0.25) is 0 Å². The summed E-state index contributed by atoms with van der Waals surface area (Å²) in [5, 5.41) is 5.87. The lowest BCUT2D eigenvalue weighted by Crippen LogP contribution is -2.35. The first kappa shape index (κ1) is 24.2. The number of aryl methyl sites for hydroxylation is 1. The van der Waals surface area contributed by atoms with Crippen LogP contribution in [0.1, 0.15) is 36.8 Å². The number of anilines is 2. The zero-order valence-corrected chi connectivity index (χ0v) is 18.9. The Balaban J connectivity index is 1.50. The van der Waals surface area contributed by atoms with Crippen molar-refractivity contribution in [3.63, 3.8) is 0 Å². The second kappa shape index (κ2) is 12.5. The van der Waals surface area contributed by atoms with Crippen LogP contribution in [0, 0.1) is 18.6 Å². The summed E-state index contributed by atoms with van der Waals surface area (Å²) >= 11 is 0. The molecule has 174 valence electrons. The average molecular weight is 453 g/mol. The average Bonchev–Trinajstić information content (AvgIpc) is 2.81. The lowest BCUT2D eigenvalue weighted by molar-refractivity contribution is 0.207. The highest BCUT2D eigenvalue weighted by molar-refractivity contribution is 5.89. The van der Waals surface area contributed by atoms with Crippen LogP contribution in [0.15, 0.2) is 66.9 Å². The van der Waals surface area contributed by atoms with Gasteiger partial charge in [0.15, 0.2) is 0 Å². The summed E-state index contributed by atoms with van der Waals surface area (Å²) in [5.74, 6) is -0.606. The number of amides is 2. The van der Waals surface area contributed by atoms with Gasteiger partial charge < -0.3 is 15.5 Å². The third kappa shape index (κ3) is 8.18. The van der Waals surface area contributed by atoms with E-state index in [1.807, 2.05) is 49.4 Å². The minimum absolute atomic E-state index is 0.0316. The molecule has 2 aromatic carbocycles. The molecule has 5 nitrogen and oxygen atoms in total. The first-order valence-electron chi connectivity index (χ1n) is 11.2. The monoisotopic (exact) mass is 452 g/mol. The molecular weight excluding hydrogens is 422 g/mol. The fourth-order valence-electron chi connectivity index (χ4n) is 3.42. The van der Waals surface area contributed by atoms with Crippen molar-refractivity contribution in [1.29, 1.82) is 0 Å². The molecule has 0 radical (unpaired) electrons. The zero-order chi connectivity index (χ0) is 23.5. The highest BCUT2D eigenvalue weighted by Gasteiger charge is 2.16. The predicted octanol–water partition coefficient (Wildman–Crippen LogP) is 6.37. The van der Waals surface area contributed by atoms with E-state index in [4.69, 9.17) is 0 Å². The normalized spacial score (nSPS) is 10.6. The summed E-state index contributed by atoms with van der Waals surface area (Å²) in [7, 11) is 0. The van der Waals surface area contributed by atoms with Gasteiger partial charge in [0.1, 0.15) is 17.5 Å². The van der Waals surface area contributed by atoms with Crippen LogP contribution in [-0.4, -0.2) is 29.0 Å². The maximum atomic E-state index is 14.0. The van der Waals surface area contributed by atoms with E-state index in [-0.39, 0.29) is 5.69 Å². The van der Waals surface area contributed by atoms with Crippen LogP contribution in [0.3, 0.4) is 0 Å². The van der Waals surface area contributed by atoms with Crippen LogP contribution in [0.4, 0.5) is 25.1 Å². The number of hydrogen-bond donors (Lipinski definition) is 2. The number of nitrogens with zero attached hydrogens (tertiary/aromatic N) is 2. The van der Waals surface area contributed by atoms with Gasteiger partial charge in [-0.05, 0) is 49.6 Å². The highest BCUT2D eigenvalue weighted by atomic mass is 19.1. The van der Waals surface area contributed by atoms with Crippen molar-refractivity contribution in [1.82, 2.24) is 9.88 Å². The Labute approximate surface area is 193 Å². The molecule has 0 unspecified atom stereocenters. The Morgan fingerprint density at radius 3 is 2.48 bits per heavy atom. The Bertz CT molecular complexity index is 1010. The van der Waals surface area contributed by atoms with Gasteiger partial charge in [-0.1, -0.05) is 48.7 Å². The standard InChI is InChI=1S/C26H30F2N4O/c1-20-9-11-21(12-10-20)19-32(26(33)31-24-14-13-22(27)18-23(24)28)17-7-3-2-5-15-29-25-8-4-6-16-30-25/h4,6,8-14,16,18H,2-3,5,7,15,17,19H2,1H3,(H,29,30)(H,31,33). The second-order valence-electron chi connectivity index (χ2n) is 8.02. The first-order valence-corrected chi connectivity index (χ1v) is 11.2. The van der Waals surface area contributed by atoms with Crippen LogP contribution >= 0.6 is 0 Å². The molecule has 0 aliphatic heterocycles. The summed E-state index contributed by atoms with van der Waals surface area (Å²) in [5.41, 5.74) is 2.10. The molecule has 1 heterocycles. The Kier molecular flexibility index (Phi) is 9.18. The van der Waals surface area contributed by atoms with Gasteiger partial charge in [-0.25, -0.2) is 18.6 Å². The van der Waals surface area contributed by atoms with Crippen molar-refractivity contribution in [2.24, 2.45) is 0 Å². The van der Waals surface area contributed by atoms with E-state index in [1.54, 1.807) is 11.1 Å². The van der Waals surface area contributed by atoms with E-state index in [9.17, 15) is 13.6 Å². The summed E-state index contributed by atoms with van der Waals surface area (Å²) in [4.78, 5) is 18.8. The summed E-state index contributed by atoms with van der Waals surface area (Å²) in [6.07, 6.45) is 5.57. The topological polar surface area (TPSA) is 57.3 Å². The molecular formula is C26H30F2N4O. The predicted molar refractivity (Wildman–Crippen MR) is 128 cm³/mol. The molecule has 0 saturated carbocycles. The fourth-order valence-corrected chi connectivity index (χ4v) is 3.42. The van der Waals surface area contributed by atoms with Crippen LogP contribution in [-0.2, 0) is 6.54 Å². The molecule has 0 aliphatic carbocycles. The molecule has 0 aliphatic rings. The third-order valence-electron chi connectivity index (χ3n) is 5.28. The lowest BCUT2D eigenvalue weighted by Gasteiger charge is -2.23. The van der Waals surface area contributed by atoms with Crippen molar-refractivity contribution >= 4 is 17.5 Å². The van der Waals surface area contributed by atoms with Gasteiger partial charge in [0.25, 0.3) is 0 Å². The molecule has 33 heavy (non-hydrogen) atoms. The number of pyridine rings is 1. The van der Waals surface area contributed by atoms with E-state index in [0.717, 1.165) is 61.3 Å². The number of urea groups is 1. The number of rotatable bonds is 11. The van der Waals surface area contributed by atoms with E-state index >= 15 is 0 Å². The summed E-state index contributed by atoms with van der Waals surface area (Å²) in [6, 6.07) is 16.5. The van der Waals surface area contributed by atoms with E-state index in [0.29, 0.717) is 13.1 Å². The van der Waals surface area contributed by atoms with Gasteiger partial charge in [0, 0.05) is 31.9 Å². The minimum Gasteiger partial charge on any atom is -0.370 e. The van der Waals surface area contributed by atoms with Crippen molar-refractivity contribution in [3.8, 4) is 0 Å². The van der Waals surface area contributed by atoms with Gasteiger partial charge >= 0.3 is 6.03 Å². The molecule has 7 heteroatoms. The van der Waals surface area contributed by atoms with Crippen molar-refractivity contribution in [3.05, 3.63) is 89.6 Å². The molecule has 0 bridgehead atoms. The van der Waals surface area contributed by atoms with Crippen molar-refractivity contribution in [2.45, 2.75) is 39.2 Å². The Hall–Kier alpha value is -3.48. The number of hydrogen-bond acceptors (Lipinski definition) is 3. The van der Waals surface area contributed by atoms with Gasteiger partial charge in [-0.15, -0.1) is 0 Å². The Morgan fingerprint density at radius 1 is 0.970 bits per heavy atom. The van der Waals surface area contributed by atoms with Gasteiger partial charge in [0.05, 0.1) is 5.69 Å². The smallest absolute Gasteiger partial charge is 0.322 e. The van der Waals surface area contributed by atoms with E-state index < -0.39 is 17.7 Å². The number of aromatic nitrogens is 1. The third-order valence-corrected chi connectivity index (χ3v) is 5.28. The van der Waals surface area contributed by atoms with Gasteiger partial charge in [-0.3, -0.25) is 0 Å². The highest BCUT2D eigenvalue weighted by Crippen LogP contribution is 2.17. The molecule has 0 fully saturated rings. The largest absolute Gasteiger partial charge is 0.370 e. The molecule has 2 amide bonds. The number of carbonyl (C=O) groups excluding carboxylic acids is 1. The van der Waals surface area contributed by atoms with Crippen molar-refractivity contribution < 1.29 is 13.6 Å². The van der Waals surface area contributed by atoms with E-state index in [2.05, 4.69) is 15.6 Å². The minimum atomic E-state index is -0.793. The molecule has 0 saturated heterocycles. The maximum absolute atomic E-state index is 14.0. The van der Waals surface area contributed by atoms with Crippen LogP contribution in [0.5, 0.6) is 0 Å². The fraction of sp³-hybridized carbons (Fsp3) is 0.308. The van der Waals surface area contributed by atoms with Crippen LogP contribution < -0.4 is 10.6 Å². The van der Waals surface area contributed by atoms with Crippen LogP contribution in [0.25, 0.3) is 0 Å². The zero-order valence-electron chi connectivity index (χ0n) is 18.9.